The van der Waals surface area contributed by atoms with Crippen LogP contribution in [0.15, 0.2) is 18.2 Å². The lowest BCUT2D eigenvalue weighted by molar-refractivity contribution is 0.0708. The highest BCUT2D eigenvalue weighted by Gasteiger charge is 2.32. The fraction of sp³-hybridized carbons (Fsp3) is 0.600. The molecule has 1 nitrogen and oxygen atoms in total. The molecular weight excluding hydrogens is 215 g/mol. The van der Waals surface area contributed by atoms with Gasteiger partial charge in [-0.1, -0.05) is 26.8 Å². The first kappa shape index (κ1) is 14.0. The topological polar surface area (TPSA) is 9.23 Å². The van der Waals surface area contributed by atoms with Crippen LogP contribution in [-0.2, 0) is 0 Å². The molecule has 0 fully saturated rings. The van der Waals surface area contributed by atoms with E-state index in [4.69, 9.17) is 4.74 Å². The summed E-state index contributed by atoms with van der Waals surface area (Å²) in [5.74, 6) is 0.990. The molecule has 0 aliphatic carbocycles. The van der Waals surface area contributed by atoms with Crippen LogP contribution < -0.4 is 4.74 Å². The molecule has 0 bridgehead atoms. The van der Waals surface area contributed by atoms with Gasteiger partial charge >= 0.3 is 0 Å². The third-order valence-electron chi connectivity index (χ3n) is 3.03. The third kappa shape index (κ3) is 3.21. The van der Waals surface area contributed by atoms with Gasteiger partial charge in [0.1, 0.15) is 17.2 Å². The lowest BCUT2D eigenvalue weighted by Crippen LogP contribution is -2.34. The van der Waals surface area contributed by atoms with E-state index in [9.17, 15) is 4.39 Å². The maximum atomic E-state index is 13.1. The number of ether oxygens (including phenoxy) is 1. The maximum absolute atomic E-state index is 13.1. The average Bonchev–Trinajstić information content (AvgIpc) is 2.28. The summed E-state index contributed by atoms with van der Waals surface area (Å²) in [5.41, 5.74) is 0.972. The zero-order valence-electron chi connectivity index (χ0n) is 11.5. The van der Waals surface area contributed by atoms with Crippen molar-refractivity contribution in [1.29, 1.82) is 0 Å². The van der Waals surface area contributed by atoms with Crippen LogP contribution in [0, 0.1) is 5.82 Å². The molecule has 1 aromatic rings. The molecule has 2 rings (SSSR count). The van der Waals surface area contributed by atoms with Gasteiger partial charge in [0, 0.05) is 6.07 Å². The highest BCUT2D eigenvalue weighted by molar-refractivity contribution is 5.39. The molecule has 0 radical (unpaired) electrons. The number of halogens is 1. The maximum Gasteiger partial charge on any atom is 0.126 e. The van der Waals surface area contributed by atoms with Crippen molar-refractivity contribution < 1.29 is 9.13 Å². The van der Waals surface area contributed by atoms with Crippen LogP contribution in [0.5, 0.6) is 5.75 Å². The summed E-state index contributed by atoms with van der Waals surface area (Å²) in [6.07, 6.45) is 2.08. The Hall–Kier alpha value is -1.05. The predicted octanol–water partition coefficient (Wildman–Crippen LogP) is 4.91. The first-order chi connectivity index (χ1) is 8.02. The van der Waals surface area contributed by atoms with E-state index in [0.717, 1.165) is 24.2 Å². The molecule has 1 atom stereocenters. The predicted molar refractivity (Wildman–Crippen MR) is 70.1 cm³/mol. The van der Waals surface area contributed by atoms with Crippen molar-refractivity contribution in [1.82, 2.24) is 0 Å². The minimum absolute atomic E-state index is 0.179. The first-order valence-corrected chi connectivity index (χ1v) is 6.50. The molecular formula is C15H23FO. The zero-order chi connectivity index (χ0) is 13.1. The van der Waals surface area contributed by atoms with Crippen LogP contribution in [0.3, 0.4) is 0 Å². The number of hydrogen-bond donors (Lipinski definition) is 0. The fourth-order valence-corrected chi connectivity index (χ4v) is 2.34. The number of hydrogen-bond acceptors (Lipinski definition) is 1. The van der Waals surface area contributed by atoms with Crippen molar-refractivity contribution in [3.63, 3.8) is 0 Å². The molecule has 1 unspecified atom stereocenters. The summed E-state index contributed by atoms with van der Waals surface area (Å²) in [5, 5.41) is 0. The van der Waals surface area contributed by atoms with E-state index in [2.05, 4.69) is 20.8 Å². The standard InChI is InChI=1S/C13H17FO.C2H6/c1-4-9-8-13(2,3)15-12-7-10(14)5-6-11(9)12;1-2/h5-7,9H,4,8H2,1-3H3;1-2H3. The van der Waals surface area contributed by atoms with Crippen LogP contribution in [-0.4, -0.2) is 5.60 Å². The van der Waals surface area contributed by atoms with Crippen molar-refractivity contribution >= 4 is 0 Å². The van der Waals surface area contributed by atoms with Gasteiger partial charge in [-0.15, -0.1) is 0 Å². The Bertz CT molecular complexity index is 371. The first-order valence-electron chi connectivity index (χ1n) is 6.50. The smallest absolute Gasteiger partial charge is 0.126 e. The summed E-state index contributed by atoms with van der Waals surface area (Å²) in [7, 11) is 0. The molecule has 2 heteroatoms. The van der Waals surface area contributed by atoms with E-state index in [1.165, 1.54) is 12.1 Å². The van der Waals surface area contributed by atoms with Crippen molar-refractivity contribution in [2.75, 3.05) is 0 Å². The van der Waals surface area contributed by atoms with Gasteiger partial charge in [-0.3, -0.25) is 0 Å². The SMILES string of the molecule is CC.CCC1CC(C)(C)Oc2cc(F)ccc21. The Labute approximate surface area is 104 Å². The summed E-state index contributed by atoms with van der Waals surface area (Å²) >= 11 is 0. The van der Waals surface area contributed by atoms with E-state index in [-0.39, 0.29) is 11.4 Å². The van der Waals surface area contributed by atoms with Gasteiger partial charge in [-0.25, -0.2) is 4.39 Å². The highest BCUT2D eigenvalue weighted by Crippen LogP contribution is 2.42. The van der Waals surface area contributed by atoms with Crippen molar-refractivity contribution in [2.24, 2.45) is 0 Å². The molecule has 1 aliphatic rings. The van der Waals surface area contributed by atoms with Gasteiger partial charge in [0.2, 0.25) is 0 Å². The van der Waals surface area contributed by atoms with E-state index in [1.54, 1.807) is 0 Å². The van der Waals surface area contributed by atoms with Gasteiger partial charge in [0.15, 0.2) is 0 Å². The molecule has 1 aliphatic heterocycles. The Morgan fingerprint density at radius 2 is 2.00 bits per heavy atom. The quantitative estimate of drug-likeness (QED) is 0.675. The molecule has 0 saturated heterocycles. The summed E-state index contributed by atoms with van der Waals surface area (Å²) in [6.45, 7) is 10.3. The van der Waals surface area contributed by atoms with E-state index in [1.807, 2.05) is 19.9 Å². The lowest BCUT2D eigenvalue weighted by atomic mass is 9.83. The molecule has 0 N–H and O–H groups in total. The summed E-state index contributed by atoms with van der Waals surface area (Å²) in [6, 6.07) is 4.87. The molecule has 96 valence electrons. The van der Waals surface area contributed by atoms with Gasteiger partial charge in [0.05, 0.1) is 0 Å². The molecule has 0 saturated carbocycles. The van der Waals surface area contributed by atoms with Crippen molar-refractivity contribution in [3.05, 3.63) is 29.6 Å². The zero-order valence-corrected chi connectivity index (χ0v) is 11.5. The third-order valence-corrected chi connectivity index (χ3v) is 3.03. The molecule has 0 amide bonds. The minimum Gasteiger partial charge on any atom is -0.487 e. The second-order valence-corrected chi connectivity index (χ2v) is 4.85. The van der Waals surface area contributed by atoms with Gasteiger partial charge in [0.25, 0.3) is 0 Å². The lowest BCUT2D eigenvalue weighted by Gasteiger charge is -2.37. The molecule has 0 spiro atoms. The van der Waals surface area contributed by atoms with Crippen LogP contribution in [0.25, 0.3) is 0 Å². The van der Waals surface area contributed by atoms with E-state index in [0.29, 0.717) is 5.92 Å². The number of rotatable bonds is 1. The Kier molecular flexibility index (Phi) is 4.55. The number of benzene rings is 1. The van der Waals surface area contributed by atoms with E-state index >= 15 is 0 Å². The molecule has 17 heavy (non-hydrogen) atoms. The van der Waals surface area contributed by atoms with Crippen molar-refractivity contribution in [3.8, 4) is 5.75 Å². The summed E-state index contributed by atoms with van der Waals surface area (Å²) in [4.78, 5) is 0. The second-order valence-electron chi connectivity index (χ2n) is 4.85. The largest absolute Gasteiger partial charge is 0.487 e. The monoisotopic (exact) mass is 238 g/mol. The number of fused-ring (bicyclic) bond motifs is 1. The summed E-state index contributed by atoms with van der Waals surface area (Å²) < 4.78 is 18.9. The molecule has 1 heterocycles. The van der Waals surface area contributed by atoms with Crippen LogP contribution in [0.1, 0.15) is 58.9 Å². The molecule has 1 aromatic carbocycles. The van der Waals surface area contributed by atoms with E-state index < -0.39 is 0 Å². The Morgan fingerprint density at radius 1 is 1.35 bits per heavy atom. The average molecular weight is 238 g/mol. The van der Waals surface area contributed by atoms with Crippen LogP contribution in [0.4, 0.5) is 4.39 Å². The Morgan fingerprint density at radius 3 is 2.59 bits per heavy atom. The Balaban J connectivity index is 0.000000686. The normalized spacial score (nSPS) is 20.7. The van der Waals surface area contributed by atoms with Gasteiger partial charge < -0.3 is 4.74 Å². The second kappa shape index (κ2) is 5.52. The van der Waals surface area contributed by atoms with Crippen LogP contribution in [0.2, 0.25) is 0 Å². The minimum atomic E-state index is -0.221. The fourth-order valence-electron chi connectivity index (χ4n) is 2.34. The molecule has 0 aromatic heterocycles. The van der Waals surface area contributed by atoms with Crippen molar-refractivity contribution in [2.45, 2.75) is 59.0 Å². The van der Waals surface area contributed by atoms with Gasteiger partial charge in [-0.2, -0.15) is 0 Å². The highest BCUT2D eigenvalue weighted by atomic mass is 19.1. The van der Waals surface area contributed by atoms with Gasteiger partial charge in [-0.05, 0) is 44.2 Å². The van der Waals surface area contributed by atoms with Crippen LogP contribution >= 0.6 is 0 Å².